The van der Waals surface area contributed by atoms with E-state index in [4.69, 9.17) is 19.5 Å². The number of benzene rings is 1. The van der Waals surface area contributed by atoms with Crippen molar-refractivity contribution in [2.24, 2.45) is 0 Å². The number of rotatable bonds is 9. The molecule has 0 saturated heterocycles. The van der Waals surface area contributed by atoms with Crippen molar-refractivity contribution in [3.05, 3.63) is 24.3 Å². The molecule has 1 aromatic rings. The summed E-state index contributed by atoms with van der Waals surface area (Å²) in [5.74, 6) is 0.641. The highest BCUT2D eigenvalue weighted by atomic mass is 16.5. The van der Waals surface area contributed by atoms with Crippen molar-refractivity contribution in [3.8, 4) is 5.75 Å². The highest BCUT2D eigenvalue weighted by Gasteiger charge is 2.11. The largest absolute Gasteiger partial charge is 0.492 e. The molecule has 112 valence electrons. The van der Waals surface area contributed by atoms with Gasteiger partial charge in [-0.3, -0.25) is 0 Å². The Morgan fingerprint density at radius 3 is 2.55 bits per heavy atom. The van der Waals surface area contributed by atoms with Gasteiger partial charge in [0, 0.05) is 13.1 Å². The average molecular weight is 281 g/mol. The van der Waals surface area contributed by atoms with Gasteiger partial charge in [0.15, 0.2) is 0 Å². The molecule has 0 aromatic heterocycles. The molecule has 0 radical (unpaired) electrons. The molecule has 6 heteroatoms. The third kappa shape index (κ3) is 6.91. The van der Waals surface area contributed by atoms with Gasteiger partial charge in [-0.2, -0.15) is 0 Å². The van der Waals surface area contributed by atoms with E-state index in [-0.39, 0.29) is 6.10 Å². The van der Waals surface area contributed by atoms with E-state index in [0.29, 0.717) is 24.4 Å². The highest BCUT2D eigenvalue weighted by molar-refractivity contribution is 6.58. The van der Waals surface area contributed by atoms with Gasteiger partial charge in [-0.1, -0.05) is 12.1 Å². The normalized spacial score (nSPS) is 11.2. The molecule has 1 rings (SSSR count). The fraction of sp³-hybridized carbons (Fsp3) is 0.571. The van der Waals surface area contributed by atoms with E-state index in [0.717, 1.165) is 13.1 Å². The van der Waals surface area contributed by atoms with Crippen molar-refractivity contribution in [2.75, 3.05) is 33.4 Å². The molecule has 0 aliphatic heterocycles. The first kappa shape index (κ1) is 17.0. The Labute approximate surface area is 121 Å². The van der Waals surface area contributed by atoms with Gasteiger partial charge in [0.1, 0.15) is 12.4 Å². The van der Waals surface area contributed by atoms with Crippen molar-refractivity contribution >= 4 is 12.6 Å². The molecule has 0 fully saturated rings. The minimum absolute atomic E-state index is 0.257. The zero-order chi connectivity index (χ0) is 15.0. The van der Waals surface area contributed by atoms with Gasteiger partial charge in [-0.15, -0.1) is 0 Å². The van der Waals surface area contributed by atoms with E-state index in [1.54, 1.807) is 24.3 Å². The average Bonchev–Trinajstić information content (AvgIpc) is 2.38. The lowest BCUT2D eigenvalue weighted by molar-refractivity contribution is 0.0616. The summed E-state index contributed by atoms with van der Waals surface area (Å²) >= 11 is 0. The van der Waals surface area contributed by atoms with E-state index in [1.165, 1.54) is 0 Å². The van der Waals surface area contributed by atoms with Crippen LogP contribution in [-0.4, -0.2) is 61.5 Å². The van der Waals surface area contributed by atoms with Crippen LogP contribution >= 0.6 is 0 Å². The lowest BCUT2D eigenvalue weighted by Gasteiger charge is -2.18. The third-order valence-corrected chi connectivity index (χ3v) is 2.82. The molecule has 0 bridgehead atoms. The highest BCUT2D eigenvalue weighted by Crippen LogP contribution is 2.07. The summed E-state index contributed by atoms with van der Waals surface area (Å²) in [6.45, 7) is 6.94. The van der Waals surface area contributed by atoms with Crippen molar-refractivity contribution in [3.63, 3.8) is 0 Å². The van der Waals surface area contributed by atoms with Gasteiger partial charge in [-0.05, 0) is 38.5 Å². The summed E-state index contributed by atoms with van der Waals surface area (Å²) in [4.78, 5) is 2.13. The van der Waals surface area contributed by atoms with Crippen molar-refractivity contribution in [2.45, 2.75) is 20.0 Å². The van der Waals surface area contributed by atoms with Crippen LogP contribution in [0.3, 0.4) is 0 Å². The van der Waals surface area contributed by atoms with Gasteiger partial charge in [-0.25, -0.2) is 0 Å². The second-order valence-electron chi connectivity index (χ2n) is 5.02. The van der Waals surface area contributed by atoms with E-state index >= 15 is 0 Å². The quantitative estimate of drug-likeness (QED) is 0.629. The van der Waals surface area contributed by atoms with Crippen LogP contribution in [-0.2, 0) is 4.74 Å². The van der Waals surface area contributed by atoms with Crippen LogP contribution in [0, 0.1) is 0 Å². The molecule has 0 unspecified atom stereocenters. The van der Waals surface area contributed by atoms with E-state index in [1.807, 2.05) is 20.9 Å². The fourth-order valence-corrected chi connectivity index (χ4v) is 1.64. The second-order valence-corrected chi connectivity index (χ2v) is 5.02. The summed E-state index contributed by atoms with van der Waals surface area (Å²) in [6.07, 6.45) is 0.257. The molecule has 0 amide bonds. The summed E-state index contributed by atoms with van der Waals surface area (Å²) in [5, 5.41) is 18.2. The lowest BCUT2D eigenvalue weighted by atomic mass is 9.80. The fourth-order valence-electron chi connectivity index (χ4n) is 1.64. The molecular weight excluding hydrogens is 257 g/mol. The zero-order valence-corrected chi connectivity index (χ0v) is 12.5. The number of likely N-dealkylation sites (N-methyl/N-ethyl adjacent to an activating group) is 1. The first-order valence-corrected chi connectivity index (χ1v) is 6.88. The number of nitrogens with zero attached hydrogens (tertiary/aromatic N) is 1. The van der Waals surface area contributed by atoms with Crippen LogP contribution in [0.5, 0.6) is 5.75 Å². The van der Waals surface area contributed by atoms with Crippen LogP contribution in [0.2, 0.25) is 0 Å². The van der Waals surface area contributed by atoms with Gasteiger partial charge in [0.05, 0.1) is 12.7 Å². The van der Waals surface area contributed by atoms with Crippen LogP contribution in [0.25, 0.3) is 0 Å². The zero-order valence-electron chi connectivity index (χ0n) is 12.5. The molecule has 20 heavy (non-hydrogen) atoms. The van der Waals surface area contributed by atoms with E-state index in [2.05, 4.69) is 4.90 Å². The monoisotopic (exact) mass is 281 g/mol. The maximum atomic E-state index is 9.08. The standard InChI is InChI=1S/C14H24BNO4/c1-12(2)19-9-7-16(3)8-10-20-14-6-4-5-13(11-14)15(17)18/h4-6,11-12,17-18H,7-10H2,1-3H3. The first-order valence-electron chi connectivity index (χ1n) is 6.88. The Kier molecular flexibility index (Phi) is 7.61. The predicted molar refractivity (Wildman–Crippen MR) is 80.3 cm³/mol. The lowest BCUT2D eigenvalue weighted by Crippen LogP contribution is -2.30. The summed E-state index contributed by atoms with van der Waals surface area (Å²) in [7, 11) is 0.551. The maximum Gasteiger partial charge on any atom is 0.488 e. The minimum Gasteiger partial charge on any atom is -0.492 e. The molecule has 0 atom stereocenters. The van der Waals surface area contributed by atoms with Gasteiger partial charge < -0.3 is 24.4 Å². The molecule has 0 saturated carbocycles. The topological polar surface area (TPSA) is 62.2 Å². The number of ether oxygens (including phenoxy) is 2. The van der Waals surface area contributed by atoms with Crippen LogP contribution in [0.1, 0.15) is 13.8 Å². The Hall–Kier alpha value is -1.08. The van der Waals surface area contributed by atoms with Crippen LogP contribution < -0.4 is 10.2 Å². The summed E-state index contributed by atoms with van der Waals surface area (Å²) in [5.41, 5.74) is 0.432. The molecule has 1 aromatic carbocycles. The molecule has 0 aliphatic rings. The Bertz CT molecular complexity index is 387. The number of hydrogen-bond donors (Lipinski definition) is 2. The number of hydrogen-bond acceptors (Lipinski definition) is 5. The minimum atomic E-state index is -1.46. The third-order valence-electron chi connectivity index (χ3n) is 2.82. The summed E-state index contributed by atoms with van der Waals surface area (Å²) in [6, 6.07) is 6.82. The SMILES string of the molecule is CC(C)OCCN(C)CCOc1cccc(B(O)O)c1. The van der Waals surface area contributed by atoms with Gasteiger partial charge in [0.2, 0.25) is 0 Å². The van der Waals surface area contributed by atoms with E-state index in [9.17, 15) is 0 Å². The summed E-state index contributed by atoms with van der Waals surface area (Å²) < 4.78 is 11.1. The van der Waals surface area contributed by atoms with Crippen LogP contribution in [0.15, 0.2) is 24.3 Å². The van der Waals surface area contributed by atoms with Crippen LogP contribution in [0.4, 0.5) is 0 Å². The Morgan fingerprint density at radius 2 is 1.90 bits per heavy atom. The molecule has 0 spiro atoms. The predicted octanol–water partition coefficient (Wildman–Crippen LogP) is 0.102. The van der Waals surface area contributed by atoms with E-state index < -0.39 is 7.12 Å². The van der Waals surface area contributed by atoms with Crippen molar-refractivity contribution < 1.29 is 19.5 Å². The molecule has 2 N–H and O–H groups in total. The van der Waals surface area contributed by atoms with Gasteiger partial charge >= 0.3 is 7.12 Å². The molecule has 5 nitrogen and oxygen atoms in total. The van der Waals surface area contributed by atoms with Crippen molar-refractivity contribution in [1.82, 2.24) is 4.90 Å². The molecule has 0 heterocycles. The first-order chi connectivity index (χ1) is 9.49. The Morgan fingerprint density at radius 1 is 1.20 bits per heavy atom. The maximum absolute atomic E-state index is 9.08. The second kappa shape index (κ2) is 8.97. The Balaban J connectivity index is 2.24. The van der Waals surface area contributed by atoms with Crippen molar-refractivity contribution in [1.29, 1.82) is 0 Å². The smallest absolute Gasteiger partial charge is 0.488 e. The molecular formula is C14H24BNO4. The van der Waals surface area contributed by atoms with Gasteiger partial charge in [0.25, 0.3) is 0 Å². The molecule has 0 aliphatic carbocycles.